The predicted octanol–water partition coefficient (Wildman–Crippen LogP) is 1.48. The third kappa shape index (κ3) is 1.97. The number of ether oxygens (including phenoxy) is 1. The lowest BCUT2D eigenvalue weighted by Gasteiger charge is -2.36. The Bertz CT molecular complexity index is 159. The van der Waals surface area contributed by atoms with E-state index in [9.17, 15) is 0 Å². The Morgan fingerprint density at radius 3 is 2.92 bits per heavy atom. The van der Waals surface area contributed by atoms with Crippen LogP contribution in [0.15, 0.2) is 0 Å². The first-order chi connectivity index (χ1) is 5.79. The molecule has 1 aliphatic rings. The van der Waals surface area contributed by atoms with E-state index in [0.717, 1.165) is 38.4 Å². The average molecular weight is 170 g/mol. The van der Waals surface area contributed by atoms with Gasteiger partial charge in [-0.25, -0.2) is 0 Å². The molecule has 3 heteroatoms. The van der Waals surface area contributed by atoms with Crippen LogP contribution in [0.5, 0.6) is 0 Å². The smallest absolute Gasteiger partial charge is 0.0958 e. The lowest BCUT2D eigenvalue weighted by Crippen LogP contribution is -2.47. The molecule has 0 aromatic heterocycles. The second kappa shape index (κ2) is 4.45. The highest BCUT2D eigenvalue weighted by Crippen LogP contribution is 2.11. The first-order valence-electron chi connectivity index (χ1n) is 4.71. The van der Waals surface area contributed by atoms with Crippen LogP contribution in [0.2, 0.25) is 0 Å². The van der Waals surface area contributed by atoms with Crippen molar-refractivity contribution in [2.75, 3.05) is 19.8 Å². The van der Waals surface area contributed by atoms with Crippen LogP contribution in [0.3, 0.4) is 0 Å². The molecule has 0 aliphatic carbocycles. The molecule has 0 aromatic rings. The molecule has 1 saturated heterocycles. The van der Waals surface area contributed by atoms with Crippen LogP contribution in [-0.2, 0) is 4.74 Å². The van der Waals surface area contributed by atoms with Gasteiger partial charge in [-0.2, -0.15) is 0 Å². The molecule has 1 unspecified atom stereocenters. The van der Waals surface area contributed by atoms with Gasteiger partial charge in [0.15, 0.2) is 0 Å². The summed E-state index contributed by atoms with van der Waals surface area (Å²) in [6.45, 7) is 6.64. The standard InChI is InChI=1S/C9H18N2O/c1-3-8-7-12-6-5-11(8)9(10)4-2/h8,10H,3-7H2,1-2H3. The summed E-state index contributed by atoms with van der Waals surface area (Å²) in [4.78, 5) is 2.17. The first kappa shape index (κ1) is 9.52. The summed E-state index contributed by atoms with van der Waals surface area (Å²) in [5, 5.41) is 7.74. The van der Waals surface area contributed by atoms with E-state index in [4.69, 9.17) is 10.1 Å². The average Bonchev–Trinajstić information content (AvgIpc) is 2.16. The van der Waals surface area contributed by atoms with Crippen molar-refractivity contribution < 1.29 is 4.74 Å². The molecule has 1 aliphatic heterocycles. The van der Waals surface area contributed by atoms with E-state index in [1.165, 1.54) is 0 Å². The summed E-state index contributed by atoms with van der Waals surface area (Å²) >= 11 is 0. The van der Waals surface area contributed by atoms with E-state index in [0.29, 0.717) is 6.04 Å². The summed E-state index contributed by atoms with van der Waals surface area (Å²) in [5.41, 5.74) is 0. The predicted molar refractivity (Wildman–Crippen MR) is 49.6 cm³/mol. The molecule has 0 saturated carbocycles. The van der Waals surface area contributed by atoms with E-state index < -0.39 is 0 Å². The van der Waals surface area contributed by atoms with Crippen molar-refractivity contribution in [3.05, 3.63) is 0 Å². The van der Waals surface area contributed by atoms with E-state index in [1.54, 1.807) is 0 Å². The van der Waals surface area contributed by atoms with Crippen molar-refractivity contribution in [3.63, 3.8) is 0 Å². The zero-order valence-corrected chi connectivity index (χ0v) is 7.97. The van der Waals surface area contributed by atoms with Gasteiger partial charge in [0.1, 0.15) is 0 Å². The third-order valence-corrected chi connectivity index (χ3v) is 2.38. The van der Waals surface area contributed by atoms with Crippen LogP contribution >= 0.6 is 0 Å². The normalized spacial score (nSPS) is 24.2. The Balaban J connectivity index is 2.52. The Kier molecular flexibility index (Phi) is 3.53. The summed E-state index contributed by atoms with van der Waals surface area (Å²) in [6.07, 6.45) is 1.90. The zero-order chi connectivity index (χ0) is 8.97. The fourth-order valence-electron chi connectivity index (χ4n) is 1.55. The number of hydrogen-bond acceptors (Lipinski definition) is 2. The number of hydrogen-bond donors (Lipinski definition) is 1. The van der Waals surface area contributed by atoms with Crippen LogP contribution < -0.4 is 0 Å². The summed E-state index contributed by atoms with van der Waals surface area (Å²) in [7, 11) is 0. The van der Waals surface area contributed by atoms with Crippen molar-refractivity contribution in [1.29, 1.82) is 5.41 Å². The highest BCUT2D eigenvalue weighted by Gasteiger charge is 2.22. The number of amidine groups is 1. The molecule has 1 rings (SSSR count). The molecule has 12 heavy (non-hydrogen) atoms. The number of rotatable bonds is 2. The van der Waals surface area contributed by atoms with Crippen molar-refractivity contribution in [1.82, 2.24) is 4.90 Å². The third-order valence-electron chi connectivity index (χ3n) is 2.38. The highest BCUT2D eigenvalue weighted by atomic mass is 16.5. The molecule has 1 heterocycles. The van der Waals surface area contributed by atoms with Crippen LogP contribution in [-0.4, -0.2) is 36.5 Å². The van der Waals surface area contributed by atoms with Gasteiger partial charge in [0, 0.05) is 13.0 Å². The van der Waals surface area contributed by atoms with Crippen LogP contribution in [0, 0.1) is 5.41 Å². The molecular formula is C9H18N2O. The minimum Gasteiger partial charge on any atom is -0.377 e. The van der Waals surface area contributed by atoms with E-state index >= 15 is 0 Å². The van der Waals surface area contributed by atoms with Gasteiger partial charge >= 0.3 is 0 Å². The SMILES string of the molecule is CCC(=N)N1CCOCC1CC. The van der Waals surface area contributed by atoms with Crippen molar-refractivity contribution in [3.8, 4) is 0 Å². The molecule has 3 nitrogen and oxygen atoms in total. The summed E-state index contributed by atoms with van der Waals surface area (Å²) < 4.78 is 5.36. The Hall–Kier alpha value is -0.570. The fourth-order valence-corrected chi connectivity index (χ4v) is 1.55. The van der Waals surface area contributed by atoms with Gasteiger partial charge in [-0.05, 0) is 6.42 Å². The maximum Gasteiger partial charge on any atom is 0.0958 e. The highest BCUT2D eigenvalue weighted by molar-refractivity contribution is 5.79. The molecule has 70 valence electrons. The summed E-state index contributed by atoms with van der Waals surface area (Å²) in [5.74, 6) is 0.755. The van der Waals surface area contributed by atoms with E-state index in [-0.39, 0.29) is 0 Å². The molecule has 0 amide bonds. The lowest BCUT2D eigenvalue weighted by molar-refractivity contribution is 0.0240. The maximum absolute atomic E-state index is 7.74. The second-order valence-corrected chi connectivity index (χ2v) is 3.13. The molecule has 1 N–H and O–H groups in total. The van der Waals surface area contributed by atoms with Crippen molar-refractivity contribution in [2.45, 2.75) is 32.7 Å². The van der Waals surface area contributed by atoms with Gasteiger partial charge in [-0.1, -0.05) is 13.8 Å². The topological polar surface area (TPSA) is 36.3 Å². The second-order valence-electron chi connectivity index (χ2n) is 3.13. The van der Waals surface area contributed by atoms with Crippen LogP contribution in [0.1, 0.15) is 26.7 Å². The van der Waals surface area contributed by atoms with Gasteiger partial charge in [-0.15, -0.1) is 0 Å². The number of nitrogens with zero attached hydrogens (tertiary/aromatic N) is 1. The van der Waals surface area contributed by atoms with E-state index in [1.807, 2.05) is 6.92 Å². The monoisotopic (exact) mass is 170 g/mol. The van der Waals surface area contributed by atoms with Crippen molar-refractivity contribution >= 4 is 5.84 Å². The Morgan fingerprint density at radius 2 is 2.33 bits per heavy atom. The number of morpholine rings is 1. The van der Waals surface area contributed by atoms with Crippen molar-refractivity contribution in [2.24, 2.45) is 0 Å². The van der Waals surface area contributed by atoms with Gasteiger partial charge in [0.2, 0.25) is 0 Å². The molecule has 0 aromatic carbocycles. The largest absolute Gasteiger partial charge is 0.377 e. The lowest BCUT2D eigenvalue weighted by atomic mass is 10.1. The van der Waals surface area contributed by atoms with Crippen LogP contribution in [0.25, 0.3) is 0 Å². The quantitative estimate of drug-likeness (QED) is 0.503. The molecular weight excluding hydrogens is 152 g/mol. The summed E-state index contributed by atoms with van der Waals surface area (Å²) in [6, 6.07) is 0.436. The maximum atomic E-state index is 7.74. The minimum atomic E-state index is 0.436. The van der Waals surface area contributed by atoms with Gasteiger partial charge in [0.25, 0.3) is 0 Å². The Morgan fingerprint density at radius 1 is 1.58 bits per heavy atom. The van der Waals surface area contributed by atoms with E-state index in [2.05, 4.69) is 11.8 Å². The van der Waals surface area contributed by atoms with Gasteiger partial charge in [-0.3, -0.25) is 5.41 Å². The zero-order valence-electron chi connectivity index (χ0n) is 7.97. The minimum absolute atomic E-state index is 0.436. The fraction of sp³-hybridized carbons (Fsp3) is 0.889. The number of nitrogens with one attached hydrogen (secondary N) is 1. The van der Waals surface area contributed by atoms with Gasteiger partial charge in [0.05, 0.1) is 25.1 Å². The van der Waals surface area contributed by atoms with Crippen LogP contribution in [0.4, 0.5) is 0 Å². The molecule has 0 bridgehead atoms. The van der Waals surface area contributed by atoms with Gasteiger partial charge < -0.3 is 9.64 Å². The Labute approximate surface area is 74.2 Å². The molecule has 0 spiro atoms. The molecule has 1 atom stereocenters. The molecule has 0 radical (unpaired) electrons. The molecule has 1 fully saturated rings. The first-order valence-corrected chi connectivity index (χ1v) is 4.71.